The lowest BCUT2D eigenvalue weighted by Crippen LogP contribution is -2.17. The number of fused-ring (bicyclic) bond motifs is 18. The molecule has 25 rings (SSSR count). The van der Waals surface area contributed by atoms with Crippen molar-refractivity contribution in [1.29, 1.82) is 0 Å². The molecule has 0 fully saturated rings. The molecule has 0 saturated heterocycles. The van der Waals surface area contributed by atoms with Crippen LogP contribution in [0.2, 0.25) is 0 Å². The Balaban J connectivity index is 0.601. The number of hydrogen-bond donors (Lipinski definition) is 0. The minimum absolute atomic E-state index is 0.309. The van der Waals surface area contributed by atoms with E-state index in [1.807, 2.05) is 22.7 Å². The molecule has 0 unspecified atom stereocenters. The molecule has 0 radical (unpaired) electrons. The van der Waals surface area contributed by atoms with E-state index >= 15 is 0 Å². The Morgan fingerprint density at radius 3 is 1.11 bits per heavy atom. The average Bonchev–Trinajstić information content (AvgIpc) is 1.56. The van der Waals surface area contributed by atoms with Crippen molar-refractivity contribution in [3.05, 3.63) is 459 Å². The van der Waals surface area contributed by atoms with Crippen LogP contribution in [0, 0.1) is 0 Å². The Bertz CT molecular complexity index is 8480. The van der Waals surface area contributed by atoms with Gasteiger partial charge in [0.05, 0.1) is 11.4 Å². The Morgan fingerprint density at radius 2 is 0.523 bits per heavy atom. The molecular formula is C124H84N2S2. The summed E-state index contributed by atoms with van der Waals surface area (Å²) in [5, 5.41) is 15.2. The van der Waals surface area contributed by atoms with E-state index in [0.717, 1.165) is 67.5 Å². The highest BCUT2D eigenvalue weighted by Crippen LogP contribution is 2.57. The Kier molecular flexibility index (Phi) is 17.5. The van der Waals surface area contributed by atoms with Gasteiger partial charge in [0.1, 0.15) is 0 Å². The van der Waals surface area contributed by atoms with Crippen LogP contribution in [0.4, 0.5) is 34.1 Å². The molecule has 0 N–H and O–H groups in total. The molecule has 21 aromatic carbocycles. The zero-order chi connectivity index (χ0) is 85.0. The van der Waals surface area contributed by atoms with Gasteiger partial charge >= 0.3 is 0 Å². The minimum atomic E-state index is -0.340. The van der Waals surface area contributed by atoms with Gasteiger partial charge in [0, 0.05) is 85.1 Å². The van der Waals surface area contributed by atoms with Crippen LogP contribution in [0.15, 0.2) is 437 Å². The second kappa shape index (κ2) is 29.7. The summed E-state index contributed by atoms with van der Waals surface area (Å²) in [5.41, 5.74) is 35.4. The summed E-state index contributed by atoms with van der Waals surface area (Å²) >= 11 is 3.75. The van der Waals surface area contributed by atoms with Crippen LogP contribution < -0.4 is 9.80 Å². The smallest absolute Gasteiger partial charge is 0.0546 e. The van der Waals surface area contributed by atoms with Crippen molar-refractivity contribution >= 4 is 140 Å². The monoisotopic (exact) mass is 1660 g/mol. The topological polar surface area (TPSA) is 6.48 Å². The number of hydrogen-bond acceptors (Lipinski definition) is 4. The maximum Gasteiger partial charge on any atom is 0.0546 e. The second-order valence-corrected chi connectivity index (χ2v) is 37.9. The molecule has 0 atom stereocenters. The largest absolute Gasteiger partial charge is 0.310 e. The molecule has 4 heteroatoms. The number of rotatable bonds is 14. The van der Waals surface area contributed by atoms with Crippen molar-refractivity contribution in [2.45, 2.75) is 38.5 Å². The molecule has 2 nitrogen and oxygen atoms in total. The fourth-order valence-corrected chi connectivity index (χ4v) is 23.7. The first-order chi connectivity index (χ1) is 62.9. The highest BCUT2D eigenvalue weighted by Gasteiger charge is 2.39. The van der Waals surface area contributed by atoms with E-state index in [9.17, 15) is 0 Å². The van der Waals surface area contributed by atoms with Crippen LogP contribution in [0.3, 0.4) is 0 Å². The number of nitrogens with zero attached hydrogens (tertiary/aromatic N) is 2. The third-order valence-corrected chi connectivity index (χ3v) is 30.2. The molecular weight excluding hydrogens is 1580 g/mol. The van der Waals surface area contributed by atoms with Crippen LogP contribution in [0.5, 0.6) is 0 Å². The number of thiophene rings is 2. The maximum absolute atomic E-state index is 2.57. The number of para-hydroxylation sites is 1. The van der Waals surface area contributed by atoms with Crippen molar-refractivity contribution in [3.8, 4) is 111 Å². The van der Waals surface area contributed by atoms with Gasteiger partial charge in [-0.15, -0.1) is 22.7 Å². The van der Waals surface area contributed by atoms with Gasteiger partial charge in [-0.3, -0.25) is 0 Å². The van der Waals surface area contributed by atoms with E-state index in [1.54, 1.807) is 0 Å². The Morgan fingerprint density at radius 1 is 0.172 bits per heavy atom. The highest BCUT2D eigenvalue weighted by atomic mass is 32.1. The fraction of sp³-hybridized carbons (Fsp3) is 0.0484. The summed E-state index contributed by atoms with van der Waals surface area (Å²) < 4.78 is 5.07. The fourth-order valence-electron chi connectivity index (χ4n) is 21.4. The number of anilines is 6. The van der Waals surface area contributed by atoms with Crippen molar-refractivity contribution < 1.29 is 0 Å². The lowest BCUT2D eigenvalue weighted by atomic mass is 9.81. The van der Waals surface area contributed by atoms with E-state index in [1.165, 1.54) is 184 Å². The molecule has 2 aromatic heterocycles. The molecule has 2 heterocycles. The molecule has 602 valence electrons. The summed E-state index contributed by atoms with van der Waals surface area (Å²) in [5.74, 6) is 0. The SMILES string of the molecule is CC1(C)c2cc(-c3cc4ccccc4c4ccccc34)ccc2-c2ccc(N(c3ccc(-c4cccc5c4sc4ccc(-c6ccc(-c7ccc(-c8ccccc8)cc7)c(N(c7ccc8c(c7)C(C)(C)c7cc(-c9cc%10ccccc%10c%10ccccc9%10)ccc7-8)c7ccc8sc9ccccc9c8c7)c6)cc45)cc3)c3ccccc3-c3ccc(-c4ccccc4)cc3)cc21. The van der Waals surface area contributed by atoms with E-state index in [0.29, 0.717) is 0 Å². The summed E-state index contributed by atoms with van der Waals surface area (Å²) in [7, 11) is 0. The predicted molar refractivity (Wildman–Crippen MR) is 550 cm³/mol. The van der Waals surface area contributed by atoms with E-state index in [-0.39, 0.29) is 10.8 Å². The molecule has 0 amide bonds. The van der Waals surface area contributed by atoms with Gasteiger partial charge in [-0.2, -0.15) is 0 Å². The quantitative estimate of drug-likeness (QED) is 0.100. The highest BCUT2D eigenvalue weighted by molar-refractivity contribution is 7.26. The average molecular weight is 1670 g/mol. The lowest BCUT2D eigenvalue weighted by Gasteiger charge is -2.30. The zero-order valence-electron chi connectivity index (χ0n) is 71.3. The first-order valence-corrected chi connectivity index (χ1v) is 46.1. The van der Waals surface area contributed by atoms with Crippen LogP contribution in [0.25, 0.3) is 195 Å². The van der Waals surface area contributed by atoms with Gasteiger partial charge < -0.3 is 9.80 Å². The summed E-state index contributed by atoms with van der Waals surface area (Å²) in [6.45, 7) is 9.70. The van der Waals surface area contributed by atoms with E-state index in [4.69, 9.17) is 0 Å². The normalized spacial score (nSPS) is 13.0. The van der Waals surface area contributed by atoms with Crippen LogP contribution in [-0.4, -0.2) is 0 Å². The molecule has 0 saturated carbocycles. The second-order valence-electron chi connectivity index (χ2n) is 35.7. The summed E-state index contributed by atoms with van der Waals surface area (Å²) in [4.78, 5) is 5.06. The van der Waals surface area contributed by atoms with Gasteiger partial charge in [0.2, 0.25) is 0 Å². The minimum Gasteiger partial charge on any atom is -0.310 e. The maximum atomic E-state index is 2.57. The van der Waals surface area contributed by atoms with E-state index < -0.39 is 0 Å². The summed E-state index contributed by atoms with van der Waals surface area (Å²) in [6.07, 6.45) is 0. The molecule has 128 heavy (non-hydrogen) atoms. The van der Waals surface area contributed by atoms with Crippen molar-refractivity contribution in [2.24, 2.45) is 0 Å². The molecule has 0 aliphatic heterocycles. The van der Waals surface area contributed by atoms with Gasteiger partial charge in [-0.05, 0) is 275 Å². The van der Waals surface area contributed by atoms with Crippen LogP contribution in [-0.2, 0) is 10.8 Å². The van der Waals surface area contributed by atoms with Gasteiger partial charge in [-0.25, -0.2) is 0 Å². The summed E-state index contributed by atoms with van der Waals surface area (Å²) in [6, 6.07) is 165. The first-order valence-electron chi connectivity index (χ1n) is 44.5. The third kappa shape index (κ3) is 12.3. The van der Waals surface area contributed by atoms with Gasteiger partial charge in [-0.1, -0.05) is 355 Å². The van der Waals surface area contributed by atoms with Crippen molar-refractivity contribution in [2.75, 3.05) is 9.80 Å². The van der Waals surface area contributed by atoms with Crippen LogP contribution in [0.1, 0.15) is 49.9 Å². The third-order valence-electron chi connectivity index (χ3n) is 27.9. The van der Waals surface area contributed by atoms with E-state index in [2.05, 4.69) is 474 Å². The molecule has 2 aliphatic rings. The number of benzene rings is 21. The molecule has 0 bridgehead atoms. The first kappa shape index (κ1) is 75.2. The van der Waals surface area contributed by atoms with Gasteiger partial charge in [0.25, 0.3) is 0 Å². The molecule has 2 aliphatic carbocycles. The predicted octanol–water partition coefficient (Wildman–Crippen LogP) is 35.9. The van der Waals surface area contributed by atoms with Gasteiger partial charge in [0.15, 0.2) is 0 Å². The van der Waals surface area contributed by atoms with Crippen molar-refractivity contribution in [1.82, 2.24) is 0 Å². The Labute approximate surface area is 753 Å². The molecule has 23 aromatic rings. The lowest BCUT2D eigenvalue weighted by molar-refractivity contribution is 0.660. The standard InChI is InChI=1S/C124H84N2S2/c1-123(2)113-71-88(109-69-86-28-11-13-30-94(86)99-33-15-17-35-101(99)109)53-62-103(113)105-64-58-92(75-115(105)123)125(117-40-21-19-32-96(117)81-46-42-79(43-47-81)77-24-7-5-8-25-77)90-56-50-83(51-57-90)98-38-23-39-108-111-68-84(55-66-121(111)128-122(98)108)85-52-61-97(82-48-44-80(45-49-82)78-26-9-6-10-27-78)118(73-85)126(91-60-67-120-112(74-91)107-37-20-22-41-119(107)127-120)93-59-65-106-104-63-54-89(72-114(104)124(3,4)116(106)76-93)110-70-87-29-12-14-31-95(87)100-34-16-18-36-102(100)110/h5-76H,1-4H3. The molecule has 0 spiro atoms. The Hall–Kier alpha value is -15.3. The zero-order valence-corrected chi connectivity index (χ0v) is 72.9. The van der Waals surface area contributed by atoms with Crippen LogP contribution >= 0.6 is 22.7 Å². The van der Waals surface area contributed by atoms with Crippen molar-refractivity contribution in [3.63, 3.8) is 0 Å².